The summed E-state index contributed by atoms with van der Waals surface area (Å²) < 4.78 is 34.8. The highest BCUT2D eigenvalue weighted by atomic mass is 19.3. The fraction of sp³-hybridized carbons (Fsp3) is 0.222. The zero-order valence-electron chi connectivity index (χ0n) is 14.9. The summed E-state index contributed by atoms with van der Waals surface area (Å²) in [6.45, 7) is -3.14. The number of nitrogens with zero attached hydrogens (tertiary/aromatic N) is 2. The number of anilines is 1. The number of halogens is 2. The Morgan fingerprint density at radius 2 is 1.93 bits per heavy atom. The Balaban J connectivity index is 1.91. The van der Waals surface area contributed by atoms with E-state index < -0.39 is 18.4 Å². The van der Waals surface area contributed by atoms with Crippen LogP contribution in [-0.2, 0) is 11.3 Å². The Kier molecular flexibility index (Phi) is 5.59. The monoisotopic (exact) mass is 392 g/mol. The molecule has 0 bridgehead atoms. The van der Waals surface area contributed by atoms with Crippen molar-refractivity contribution in [3.63, 3.8) is 0 Å². The zero-order valence-corrected chi connectivity index (χ0v) is 14.9. The molecule has 1 aliphatic rings. The van der Waals surface area contributed by atoms with Crippen molar-refractivity contribution in [3.05, 3.63) is 53.6 Å². The molecule has 0 spiro atoms. The molecule has 1 aliphatic heterocycles. The van der Waals surface area contributed by atoms with Gasteiger partial charge in [-0.3, -0.25) is 14.6 Å². The number of nitrogens with one attached hydrogen (secondary N) is 1. The summed E-state index contributed by atoms with van der Waals surface area (Å²) >= 11 is 0. The van der Waals surface area contributed by atoms with Crippen LogP contribution in [0, 0.1) is 0 Å². The van der Waals surface area contributed by atoms with Gasteiger partial charge in [0.15, 0.2) is 11.5 Å². The molecule has 10 heteroatoms. The minimum absolute atomic E-state index is 0.106. The summed E-state index contributed by atoms with van der Waals surface area (Å²) in [5, 5.41) is 2.69. The van der Waals surface area contributed by atoms with E-state index in [-0.39, 0.29) is 24.6 Å². The van der Waals surface area contributed by atoms with E-state index in [0.717, 1.165) is 5.01 Å². The Morgan fingerprint density at radius 1 is 1.18 bits per heavy atom. The molecule has 0 radical (unpaired) electrons. The summed E-state index contributed by atoms with van der Waals surface area (Å²) in [5.74, 6) is -1.02. The molecule has 28 heavy (non-hydrogen) atoms. The Hall–Kier alpha value is -3.40. The molecule has 1 heterocycles. The predicted octanol–water partition coefficient (Wildman–Crippen LogP) is 1.66. The van der Waals surface area contributed by atoms with E-state index in [0.29, 0.717) is 16.8 Å². The molecule has 0 saturated carbocycles. The fourth-order valence-electron chi connectivity index (χ4n) is 2.85. The zero-order chi connectivity index (χ0) is 20.3. The number of carbonyl (C=O) groups excluding carboxylic acids is 2. The van der Waals surface area contributed by atoms with Crippen LogP contribution in [0.2, 0.25) is 0 Å². The lowest BCUT2D eigenvalue weighted by atomic mass is 10.1. The number of ether oxygens (including phenoxy) is 2. The highest BCUT2D eigenvalue weighted by Gasteiger charge is 2.30. The smallest absolute Gasteiger partial charge is 0.387 e. The maximum atomic E-state index is 12.7. The summed E-state index contributed by atoms with van der Waals surface area (Å²) in [4.78, 5) is 23.8. The van der Waals surface area contributed by atoms with E-state index in [1.165, 1.54) is 19.2 Å². The van der Waals surface area contributed by atoms with E-state index in [1.54, 1.807) is 35.3 Å². The second-order valence-electron chi connectivity index (χ2n) is 5.92. The molecular formula is C18H18F2N4O4. The van der Waals surface area contributed by atoms with Crippen LogP contribution in [0.4, 0.5) is 14.5 Å². The van der Waals surface area contributed by atoms with Crippen molar-refractivity contribution in [2.45, 2.75) is 13.2 Å². The summed E-state index contributed by atoms with van der Waals surface area (Å²) in [6, 6.07) is 11.4. The van der Waals surface area contributed by atoms with Gasteiger partial charge >= 0.3 is 6.61 Å². The molecule has 3 N–H and O–H groups in total. The van der Waals surface area contributed by atoms with Crippen molar-refractivity contribution in [1.82, 2.24) is 10.5 Å². The molecule has 2 aromatic rings. The summed E-state index contributed by atoms with van der Waals surface area (Å²) in [5.41, 5.74) is 9.58. The summed E-state index contributed by atoms with van der Waals surface area (Å²) in [7, 11) is 1.35. The van der Waals surface area contributed by atoms with Crippen LogP contribution >= 0.6 is 0 Å². The van der Waals surface area contributed by atoms with Crippen LogP contribution in [0.3, 0.4) is 0 Å². The first-order valence-corrected chi connectivity index (χ1v) is 8.23. The van der Waals surface area contributed by atoms with Crippen LogP contribution < -0.4 is 25.8 Å². The second-order valence-corrected chi connectivity index (χ2v) is 5.92. The third kappa shape index (κ3) is 4.12. The van der Waals surface area contributed by atoms with Crippen molar-refractivity contribution >= 4 is 17.5 Å². The highest BCUT2D eigenvalue weighted by Crippen LogP contribution is 2.31. The lowest BCUT2D eigenvalue weighted by Crippen LogP contribution is -2.58. The number of amides is 2. The van der Waals surface area contributed by atoms with E-state index in [4.69, 9.17) is 10.5 Å². The minimum Gasteiger partial charge on any atom is -0.493 e. The van der Waals surface area contributed by atoms with Gasteiger partial charge in [0.05, 0.1) is 24.9 Å². The number of hydrogen-bond donors (Lipinski definition) is 2. The van der Waals surface area contributed by atoms with Gasteiger partial charge in [-0.05, 0) is 29.8 Å². The Labute approximate surface area is 159 Å². The van der Waals surface area contributed by atoms with Crippen LogP contribution in [0.5, 0.6) is 11.5 Å². The molecule has 0 fully saturated rings. The maximum Gasteiger partial charge on any atom is 0.387 e. The Bertz CT molecular complexity index is 894. The van der Waals surface area contributed by atoms with Crippen LogP contribution in [-0.4, -0.2) is 37.1 Å². The van der Waals surface area contributed by atoms with Crippen LogP contribution in [0.25, 0.3) is 0 Å². The van der Waals surface area contributed by atoms with Gasteiger partial charge in [0.1, 0.15) is 6.54 Å². The average molecular weight is 392 g/mol. The quantitative estimate of drug-likeness (QED) is 0.744. The van der Waals surface area contributed by atoms with E-state index >= 15 is 0 Å². The van der Waals surface area contributed by atoms with Gasteiger partial charge in [-0.2, -0.15) is 8.78 Å². The molecule has 0 aromatic heterocycles. The fourth-order valence-corrected chi connectivity index (χ4v) is 2.85. The molecular weight excluding hydrogens is 374 g/mol. The van der Waals surface area contributed by atoms with Crippen molar-refractivity contribution in [2.75, 3.05) is 18.7 Å². The number of primary amides is 1. The number of hydrogen-bond acceptors (Lipinski definition) is 6. The number of fused-ring (bicyclic) bond motifs is 1. The lowest BCUT2D eigenvalue weighted by Gasteiger charge is -2.38. The molecule has 2 amide bonds. The number of methoxy groups -OCH3 is 1. The number of carbonyl (C=O) groups is 2. The van der Waals surface area contributed by atoms with E-state index in [2.05, 4.69) is 10.3 Å². The van der Waals surface area contributed by atoms with Gasteiger partial charge < -0.3 is 15.2 Å². The SMILES string of the molecule is COc1ccc(CN2NN(CC(N)=O)C(=O)c3ccccc32)cc1OC(F)F. The number of hydrazine groups is 2. The van der Waals surface area contributed by atoms with Crippen molar-refractivity contribution in [3.8, 4) is 11.5 Å². The Morgan fingerprint density at radius 3 is 2.61 bits per heavy atom. The topological polar surface area (TPSA) is 97.1 Å². The lowest BCUT2D eigenvalue weighted by molar-refractivity contribution is -0.119. The molecule has 0 aliphatic carbocycles. The second kappa shape index (κ2) is 8.09. The van der Waals surface area contributed by atoms with Crippen molar-refractivity contribution in [2.24, 2.45) is 5.73 Å². The van der Waals surface area contributed by atoms with Gasteiger partial charge in [0.25, 0.3) is 5.91 Å². The van der Waals surface area contributed by atoms with Crippen LogP contribution in [0.1, 0.15) is 15.9 Å². The third-order valence-electron chi connectivity index (χ3n) is 4.01. The van der Waals surface area contributed by atoms with Crippen molar-refractivity contribution in [1.29, 1.82) is 0 Å². The summed E-state index contributed by atoms with van der Waals surface area (Å²) in [6.07, 6.45) is 0. The maximum absolute atomic E-state index is 12.7. The number of alkyl halides is 2. The van der Waals surface area contributed by atoms with Gasteiger partial charge in [-0.1, -0.05) is 18.2 Å². The largest absolute Gasteiger partial charge is 0.493 e. The normalized spacial score (nSPS) is 13.5. The minimum atomic E-state index is -3.00. The predicted molar refractivity (Wildman–Crippen MR) is 95.6 cm³/mol. The van der Waals surface area contributed by atoms with E-state index in [9.17, 15) is 18.4 Å². The van der Waals surface area contributed by atoms with Gasteiger partial charge in [-0.15, -0.1) is 5.53 Å². The molecule has 0 unspecified atom stereocenters. The molecule has 3 rings (SSSR count). The number of nitrogens with two attached hydrogens (primary N) is 1. The molecule has 148 valence electrons. The third-order valence-corrected chi connectivity index (χ3v) is 4.01. The first-order chi connectivity index (χ1) is 13.4. The molecule has 8 nitrogen and oxygen atoms in total. The van der Waals surface area contributed by atoms with Gasteiger partial charge in [0, 0.05) is 0 Å². The molecule has 2 aromatic carbocycles. The highest BCUT2D eigenvalue weighted by molar-refractivity contribution is 6.02. The van der Waals surface area contributed by atoms with E-state index in [1.807, 2.05) is 0 Å². The number of rotatable bonds is 7. The first-order valence-electron chi connectivity index (χ1n) is 8.23. The van der Waals surface area contributed by atoms with Crippen molar-refractivity contribution < 1.29 is 27.8 Å². The number of benzene rings is 2. The standard InChI is InChI=1S/C18H18F2N4O4/c1-27-14-7-6-11(8-15(14)28-18(19)20)9-23-13-5-3-2-4-12(13)17(26)24(22-23)10-16(21)25/h2-8,18,22H,9-10H2,1H3,(H2,21,25). The average Bonchev–Trinajstić information content (AvgIpc) is 2.65. The molecule has 0 saturated heterocycles. The number of para-hydroxylation sites is 1. The van der Waals surface area contributed by atoms with Crippen LogP contribution in [0.15, 0.2) is 42.5 Å². The molecule has 0 atom stereocenters. The van der Waals surface area contributed by atoms with Gasteiger partial charge in [0.2, 0.25) is 5.91 Å². The van der Waals surface area contributed by atoms with Gasteiger partial charge in [-0.25, -0.2) is 5.01 Å². The first kappa shape index (κ1) is 19.4.